The molecule has 0 bridgehead atoms. The van der Waals surface area contributed by atoms with Gasteiger partial charge in [-0.05, 0) is 19.4 Å². The van der Waals surface area contributed by atoms with Gasteiger partial charge in [0.2, 0.25) is 0 Å². The van der Waals surface area contributed by atoms with Crippen molar-refractivity contribution >= 4 is 5.97 Å². The van der Waals surface area contributed by atoms with Crippen molar-refractivity contribution in [3.05, 3.63) is 35.9 Å². The maximum absolute atomic E-state index is 11.3. The Morgan fingerprint density at radius 1 is 1.29 bits per heavy atom. The Morgan fingerprint density at radius 3 is 2.52 bits per heavy atom. The highest BCUT2D eigenvalue weighted by atomic mass is 16.5. The predicted molar refractivity (Wildman–Crippen MR) is 80.8 cm³/mol. The van der Waals surface area contributed by atoms with Crippen molar-refractivity contribution in [2.75, 3.05) is 26.8 Å². The van der Waals surface area contributed by atoms with Crippen molar-refractivity contribution < 1.29 is 19.4 Å². The number of nitrogens with zero attached hydrogens (tertiary/aromatic N) is 1. The Kier molecular flexibility index (Phi) is 7.97. The first-order valence-corrected chi connectivity index (χ1v) is 7.13. The Morgan fingerprint density at radius 2 is 1.95 bits per heavy atom. The average Bonchev–Trinajstić information content (AvgIpc) is 2.47. The molecule has 1 rings (SSSR count). The van der Waals surface area contributed by atoms with E-state index in [2.05, 4.69) is 4.74 Å². The van der Waals surface area contributed by atoms with Crippen LogP contribution in [0.4, 0.5) is 0 Å². The van der Waals surface area contributed by atoms with Crippen molar-refractivity contribution in [2.45, 2.75) is 32.6 Å². The number of hydrogen-bond acceptors (Lipinski definition) is 5. The summed E-state index contributed by atoms with van der Waals surface area (Å²) in [7, 11) is 1.36. The molecule has 0 saturated heterocycles. The molecule has 5 heteroatoms. The van der Waals surface area contributed by atoms with Crippen LogP contribution >= 0.6 is 0 Å². The maximum Gasteiger partial charge on any atom is 0.319 e. The van der Waals surface area contributed by atoms with Crippen molar-refractivity contribution in [3.63, 3.8) is 0 Å². The standard InChI is InChI=1S/C16H25NO4/c1-13(2)17(10-16(19)20-3)9-15(18)12-21-11-14-7-5-4-6-8-14/h4-8,13,15,18H,9-12H2,1-3H3. The predicted octanol–water partition coefficient (Wildman–Crippen LogP) is 1.45. The lowest BCUT2D eigenvalue weighted by Crippen LogP contribution is -2.42. The molecule has 5 nitrogen and oxygen atoms in total. The first kappa shape index (κ1) is 17.6. The van der Waals surface area contributed by atoms with E-state index < -0.39 is 6.10 Å². The summed E-state index contributed by atoms with van der Waals surface area (Å²) in [6, 6.07) is 9.95. The number of esters is 1. The van der Waals surface area contributed by atoms with E-state index in [9.17, 15) is 9.90 Å². The fraction of sp³-hybridized carbons (Fsp3) is 0.562. The van der Waals surface area contributed by atoms with Gasteiger partial charge in [0.15, 0.2) is 0 Å². The lowest BCUT2D eigenvalue weighted by Gasteiger charge is -2.27. The third kappa shape index (κ3) is 7.22. The minimum Gasteiger partial charge on any atom is -0.468 e. The number of carbonyl (C=O) groups excluding carboxylic acids is 1. The van der Waals surface area contributed by atoms with E-state index in [1.807, 2.05) is 49.1 Å². The Bertz CT molecular complexity index is 408. The van der Waals surface area contributed by atoms with Gasteiger partial charge in [0.25, 0.3) is 0 Å². The first-order chi connectivity index (χ1) is 10.0. The zero-order valence-corrected chi connectivity index (χ0v) is 13.0. The molecule has 0 amide bonds. The maximum atomic E-state index is 11.3. The second-order valence-corrected chi connectivity index (χ2v) is 5.25. The summed E-state index contributed by atoms with van der Waals surface area (Å²) in [5.74, 6) is -0.305. The molecule has 0 aliphatic rings. The molecule has 0 radical (unpaired) electrons. The number of hydrogen-bond donors (Lipinski definition) is 1. The molecule has 0 aliphatic heterocycles. The largest absolute Gasteiger partial charge is 0.468 e. The highest BCUT2D eigenvalue weighted by molar-refractivity contribution is 5.71. The molecule has 1 N–H and O–H groups in total. The number of benzene rings is 1. The normalized spacial score (nSPS) is 12.7. The van der Waals surface area contributed by atoms with Crippen LogP contribution in [-0.2, 0) is 20.9 Å². The Labute approximate surface area is 126 Å². The van der Waals surface area contributed by atoms with Gasteiger partial charge in [-0.15, -0.1) is 0 Å². The van der Waals surface area contributed by atoms with E-state index in [1.165, 1.54) is 7.11 Å². The molecule has 0 spiro atoms. The molecule has 0 aliphatic carbocycles. The molecule has 21 heavy (non-hydrogen) atoms. The van der Waals surface area contributed by atoms with Crippen LogP contribution < -0.4 is 0 Å². The van der Waals surface area contributed by atoms with Crippen molar-refractivity contribution in [3.8, 4) is 0 Å². The highest BCUT2D eigenvalue weighted by Crippen LogP contribution is 2.04. The van der Waals surface area contributed by atoms with Crippen molar-refractivity contribution in [1.29, 1.82) is 0 Å². The molecule has 1 atom stereocenters. The summed E-state index contributed by atoms with van der Waals surface area (Å²) in [5.41, 5.74) is 1.07. The monoisotopic (exact) mass is 295 g/mol. The molecular weight excluding hydrogens is 270 g/mol. The van der Waals surface area contributed by atoms with E-state index in [-0.39, 0.29) is 25.2 Å². The van der Waals surface area contributed by atoms with Crippen LogP contribution in [0.15, 0.2) is 30.3 Å². The third-order valence-corrected chi connectivity index (χ3v) is 3.16. The quantitative estimate of drug-likeness (QED) is 0.699. The Hall–Kier alpha value is -1.43. The topological polar surface area (TPSA) is 59.0 Å². The molecular formula is C16H25NO4. The minimum atomic E-state index is -0.638. The van der Waals surface area contributed by atoms with Crippen LogP contribution in [0.5, 0.6) is 0 Å². The number of aliphatic hydroxyl groups excluding tert-OH is 1. The summed E-state index contributed by atoms with van der Waals surface area (Å²) < 4.78 is 10.2. The van der Waals surface area contributed by atoms with Crippen molar-refractivity contribution in [1.82, 2.24) is 4.90 Å². The lowest BCUT2D eigenvalue weighted by molar-refractivity contribution is -0.142. The van der Waals surface area contributed by atoms with Gasteiger partial charge in [-0.2, -0.15) is 0 Å². The van der Waals surface area contributed by atoms with Gasteiger partial charge in [0.05, 0.1) is 33.0 Å². The zero-order chi connectivity index (χ0) is 15.7. The van der Waals surface area contributed by atoms with E-state index in [0.29, 0.717) is 13.2 Å². The van der Waals surface area contributed by atoms with Crippen LogP contribution in [0.1, 0.15) is 19.4 Å². The van der Waals surface area contributed by atoms with Crippen LogP contribution in [0.25, 0.3) is 0 Å². The van der Waals surface area contributed by atoms with E-state index in [0.717, 1.165) is 5.56 Å². The molecule has 0 saturated carbocycles. The number of aliphatic hydroxyl groups is 1. The number of methoxy groups -OCH3 is 1. The van der Waals surface area contributed by atoms with Crippen molar-refractivity contribution in [2.24, 2.45) is 0 Å². The van der Waals surface area contributed by atoms with Gasteiger partial charge in [-0.1, -0.05) is 30.3 Å². The summed E-state index contributed by atoms with van der Waals surface area (Å²) in [6.45, 7) is 5.20. The molecule has 0 fully saturated rings. The van der Waals surface area contributed by atoms with Crippen LogP contribution in [0, 0.1) is 0 Å². The Balaban J connectivity index is 2.33. The van der Waals surface area contributed by atoms with Crippen LogP contribution in [0.2, 0.25) is 0 Å². The average molecular weight is 295 g/mol. The van der Waals surface area contributed by atoms with Gasteiger partial charge in [0.1, 0.15) is 0 Å². The second kappa shape index (κ2) is 9.50. The molecule has 1 aromatic rings. The first-order valence-electron chi connectivity index (χ1n) is 7.13. The third-order valence-electron chi connectivity index (χ3n) is 3.16. The number of rotatable bonds is 9. The van der Waals surface area contributed by atoms with Gasteiger partial charge in [-0.25, -0.2) is 0 Å². The summed E-state index contributed by atoms with van der Waals surface area (Å²) in [4.78, 5) is 13.2. The molecule has 1 unspecified atom stereocenters. The smallest absolute Gasteiger partial charge is 0.319 e. The van der Waals surface area contributed by atoms with E-state index in [1.54, 1.807) is 0 Å². The summed E-state index contributed by atoms with van der Waals surface area (Å²) in [6.07, 6.45) is -0.638. The van der Waals surface area contributed by atoms with Gasteiger partial charge >= 0.3 is 5.97 Å². The lowest BCUT2D eigenvalue weighted by atomic mass is 10.2. The molecule has 118 valence electrons. The fourth-order valence-corrected chi connectivity index (χ4v) is 1.90. The van der Waals surface area contributed by atoms with E-state index >= 15 is 0 Å². The second-order valence-electron chi connectivity index (χ2n) is 5.25. The molecule has 1 aromatic carbocycles. The number of carbonyl (C=O) groups is 1. The SMILES string of the molecule is COC(=O)CN(CC(O)COCc1ccccc1)C(C)C. The summed E-state index contributed by atoms with van der Waals surface area (Å²) in [5, 5.41) is 10.0. The van der Waals surface area contributed by atoms with Gasteiger partial charge in [0, 0.05) is 12.6 Å². The number of ether oxygens (including phenoxy) is 2. The zero-order valence-electron chi connectivity index (χ0n) is 13.0. The van der Waals surface area contributed by atoms with Crippen LogP contribution in [0.3, 0.4) is 0 Å². The van der Waals surface area contributed by atoms with Gasteiger partial charge in [-0.3, -0.25) is 9.69 Å². The van der Waals surface area contributed by atoms with Gasteiger partial charge < -0.3 is 14.6 Å². The molecule has 0 aromatic heterocycles. The fourth-order valence-electron chi connectivity index (χ4n) is 1.90. The summed E-state index contributed by atoms with van der Waals surface area (Å²) >= 11 is 0. The molecule has 0 heterocycles. The minimum absolute atomic E-state index is 0.146. The van der Waals surface area contributed by atoms with E-state index in [4.69, 9.17) is 4.74 Å². The highest BCUT2D eigenvalue weighted by Gasteiger charge is 2.18. The van der Waals surface area contributed by atoms with Crippen LogP contribution in [-0.4, -0.2) is 54.9 Å².